The van der Waals surface area contributed by atoms with E-state index in [1.807, 2.05) is 0 Å². The Kier molecular flexibility index (Phi) is 32.7. The molecule has 25 heavy (non-hydrogen) atoms. The molecule has 0 saturated carbocycles. The number of aliphatic carboxylic acids is 1. The molecular weight excluding hydrogens is 324 g/mol. The van der Waals surface area contributed by atoms with E-state index in [1.165, 1.54) is 51.4 Å². The van der Waals surface area contributed by atoms with Gasteiger partial charge in [0, 0.05) is 13.0 Å². The van der Waals surface area contributed by atoms with Gasteiger partial charge in [-0.05, 0) is 12.8 Å². The number of carboxylic acids is 1. The fourth-order valence-electron chi connectivity index (χ4n) is 1.83. The van der Waals surface area contributed by atoms with Crippen LogP contribution in [0.3, 0.4) is 0 Å². The van der Waals surface area contributed by atoms with Crippen LogP contribution in [0.1, 0.15) is 90.9 Å². The standard InChI is InChI=1S/C8H16O2.C8H18O.C3H8O3/c1-2-3-4-5-6-7-8(9)10;1-2-3-4-5-6-7-8-9;4-1-3(6)2-5/h2-7H2,1H3,(H,9,10);9H,2-8H2,1H3;3-6H,1-2H2. The van der Waals surface area contributed by atoms with Gasteiger partial charge < -0.3 is 25.5 Å². The molecule has 6 heteroatoms. The maximum absolute atomic E-state index is 10.0. The van der Waals surface area contributed by atoms with Crippen LogP contribution in [0.2, 0.25) is 0 Å². The van der Waals surface area contributed by atoms with Gasteiger partial charge >= 0.3 is 5.97 Å². The van der Waals surface area contributed by atoms with Crippen LogP contribution in [0.15, 0.2) is 0 Å². The van der Waals surface area contributed by atoms with E-state index in [-0.39, 0.29) is 13.2 Å². The molecule has 0 aliphatic rings. The second-order valence-electron chi connectivity index (χ2n) is 6.07. The molecule has 5 N–H and O–H groups in total. The van der Waals surface area contributed by atoms with Gasteiger partial charge in [-0.25, -0.2) is 0 Å². The predicted octanol–water partition coefficient (Wildman–Crippen LogP) is 3.10. The van der Waals surface area contributed by atoms with Crippen LogP contribution >= 0.6 is 0 Å². The van der Waals surface area contributed by atoms with E-state index in [2.05, 4.69) is 13.8 Å². The summed E-state index contributed by atoms with van der Waals surface area (Å²) in [6.07, 6.45) is 12.4. The number of hydrogen-bond donors (Lipinski definition) is 5. The highest BCUT2D eigenvalue weighted by atomic mass is 16.4. The van der Waals surface area contributed by atoms with Gasteiger partial charge in [-0.3, -0.25) is 4.79 Å². The Morgan fingerprint density at radius 1 is 0.720 bits per heavy atom. The molecule has 0 aromatic rings. The molecule has 0 unspecified atom stereocenters. The van der Waals surface area contributed by atoms with Crippen molar-refractivity contribution >= 4 is 5.97 Å². The molecule has 0 aromatic carbocycles. The first-order valence-corrected chi connectivity index (χ1v) is 9.72. The third kappa shape index (κ3) is 39.8. The topological polar surface area (TPSA) is 118 Å². The summed E-state index contributed by atoms with van der Waals surface area (Å²) in [6.45, 7) is 4.00. The van der Waals surface area contributed by atoms with Gasteiger partial charge in [-0.15, -0.1) is 0 Å². The van der Waals surface area contributed by atoms with Crippen LogP contribution in [0.4, 0.5) is 0 Å². The Morgan fingerprint density at radius 2 is 1.12 bits per heavy atom. The summed E-state index contributed by atoms with van der Waals surface area (Å²) in [7, 11) is 0. The number of carbonyl (C=O) groups is 1. The van der Waals surface area contributed by atoms with E-state index in [0.717, 1.165) is 19.3 Å². The predicted molar refractivity (Wildman–Crippen MR) is 102 cm³/mol. The highest BCUT2D eigenvalue weighted by Gasteiger charge is 1.95. The molecule has 6 nitrogen and oxygen atoms in total. The average Bonchev–Trinajstić information content (AvgIpc) is 2.61. The maximum Gasteiger partial charge on any atom is 0.303 e. The minimum atomic E-state index is -0.954. The zero-order valence-corrected chi connectivity index (χ0v) is 16.3. The van der Waals surface area contributed by atoms with E-state index < -0.39 is 12.1 Å². The van der Waals surface area contributed by atoms with Gasteiger partial charge in [0.25, 0.3) is 0 Å². The van der Waals surface area contributed by atoms with Crippen molar-refractivity contribution in [2.45, 2.75) is 97.0 Å². The molecule has 0 fully saturated rings. The number of aliphatic hydroxyl groups is 4. The Labute approximate surface area is 153 Å². The maximum atomic E-state index is 10.0. The minimum Gasteiger partial charge on any atom is -0.481 e. The molecule has 0 aliphatic heterocycles. The first kappa shape index (κ1) is 29.1. The summed E-state index contributed by atoms with van der Waals surface area (Å²) in [5.41, 5.74) is 0. The highest BCUT2D eigenvalue weighted by Crippen LogP contribution is 2.04. The molecule has 0 saturated heterocycles. The molecule has 0 spiro atoms. The van der Waals surface area contributed by atoms with Gasteiger partial charge in [0.1, 0.15) is 6.10 Å². The number of carboxylic acid groups (broad SMARTS) is 1. The minimum absolute atomic E-state index is 0.337. The zero-order valence-electron chi connectivity index (χ0n) is 16.3. The molecule has 0 aliphatic carbocycles. The van der Waals surface area contributed by atoms with Gasteiger partial charge in [0.15, 0.2) is 0 Å². The lowest BCUT2D eigenvalue weighted by atomic mass is 10.1. The molecule has 0 aromatic heterocycles. The van der Waals surface area contributed by atoms with Crippen LogP contribution in [0.5, 0.6) is 0 Å². The highest BCUT2D eigenvalue weighted by molar-refractivity contribution is 5.66. The lowest BCUT2D eigenvalue weighted by molar-refractivity contribution is -0.137. The van der Waals surface area contributed by atoms with Crippen molar-refractivity contribution in [2.24, 2.45) is 0 Å². The summed E-state index contributed by atoms with van der Waals surface area (Å²) in [5, 5.41) is 40.7. The second-order valence-corrected chi connectivity index (χ2v) is 6.07. The Bertz CT molecular complexity index is 226. The van der Waals surface area contributed by atoms with E-state index in [4.69, 9.17) is 25.5 Å². The van der Waals surface area contributed by atoms with Crippen molar-refractivity contribution in [2.75, 3.05) is 19.8 Å². The summed E-state index contributed by atoms with van der Waals surface area (Å²) >= 11 is 0. The van der Waals surface area contributed by atoms with Gasteiger partial charge in [-0.2, -0.15) is 0 Å². The summed E-state index contributed by atoms with van der Waals surface area (Å²) in [6, 6.07) is 0. The number of aliphatic hydroxyl groups excluding tert-OH is 4. The van der Waals surface area contributed by atoms with Crippen molar-refractivity contribution in [3.8, 4) is 0 Å². The van der Waals surface area contributed by atoms with Crippen LogP contribution in [0, 0.1) is 0 Å². The zero-order chi connectivity index (χ0) is 19.8. The van der Waals surface area contributed by atoms with Crippen molar-refractivity contribution in [3.63, 3.8) is 0 Å². The van der Waals surface area contributed by atoms with Crippen molar-refractivity contribution in [3.05, 3.63) is 0 Å². The lowest BCUT2D eigenvalue weighted by Gasteiger charge is -1.96. The molecule has 0 amide bonds. The average molecular weight is 367 g/mol. The molecular formula is C19H42O6. The van der Waals surface area contributed by atoms with Crippen LogP contribution < -0.4 is 0 Å². The number of unbranched alkanes of at least 4 members (excludes halogenated alkanes) is 9. The monoisotopic (exact) mass is 366 g/mol. The fourth-order valence-corrected chi connectivity index (χ4v) is 1.83. The second kappa shape index (κ2) is 28.1. The van der Waals surface area contributed by atoms with Gasteiger partial charge in [0.2, 0.25) is 0 Å². The van der Waals surface area contributed by atoms with Crippen LogP contribution in [0.25, 0.3) is 0 Å². The molecule has 0 rings (SSSR count). The first-order chi connectivity index (χ1) is 12.0. The van der Waals surface area contributed by atoms with Gasteiger partial charge in [-0.1, -0.05) is 71.6 Å². The number of rotatable bonds is 14. The van der Waals surface area contributed by atoms with Crippen LogP contribution in [-0.4, -0.2) is 57.4 Å². The molecule has 0 bridgehead atoms. The smallest absolute Gasteiger partial charge is 0.303 e. The van der Waals surface area contributed by atoms with E-state index >= 15 is 0 Å². The van der Waals surface area contributed by atoms with E-state index in [1.54, 1.807) is 0 Å². The summed E-state index contributed by atoms with van der Waals surface area (Å²) in [5.74, 6) is -0.670. The van der Waals surface area contributed by atoms with E-state index in [9.17, 15) is 4.79 Å². The summed E-state index contributed by atoms with van der Waals surface area (Å²) < 4.78 is 0. The molecule has 0 heterocycles. The normalized spacial score (nSPS) is 9.88. The summed E-state index contributed by atoms with van der Waals surface area (Å²) in [4.78, 5) is 10.0. The Hall–Kier alpha value is -0.690. The Balaban J connectivity index is -0.000000300. The van der Waals surface area contributed by atoms with E-state index in [0.29, 0.717) is 13.0 Å². The quantitative estimate of drug-likeness (QED) is 0.301. The SMILES string of the molecule is CCCCCCCC(=O)O.CCCCCCCCO.OCC(O)CO. The lowest BCUT2D eigenvalue weighted by Crippen LogP contribution is -2.15. The van der Waals surface area contributed by atoms with Gasteiger partial charge in [0.05, 0.1) is 13.2 Å². The molecule has 0 atom stereocenters. The van der Waals surface area contributed by atoms with Crippen molar-refractivity contribution < 1.29 is 30.3 Å². The third-order valence-electron chi connectivity index (χ3n) is 3.43. The number of hydrogen-bond acceptors (Lipinski definition) is 5. The first-order valence-electron chi connectivity index (χ1n) is 9.72. The fraction of sp³-hybridized carbons (Fsp3) is 0.947. The largest absolute Gasteiger partial charge is 0.481 e. The third-order valence-corrected chi connectivity index (χ3v) is 3.43. The molecule has 0 radical (unpaired) electrons. The van der Waals surface area contributed by atoms with Crippen LogP contribution in [-0.2, 0) is 4.79 Å². The Morgan fingerprint density at radius 3 is 1.44 bits per heavy atom. The molecule has 154 valence electrons. The van der Waals surface area contributed by atoms with Crippen molar-refractivity contribution in [1.82, 2.24) is 0 Å². The van der Waals surface area contributed by atoms with Crippen molar-refractivity contribution in [1.29, 1.82) is 0 Å².